The molecule has 19 heavy (non-hydrogen) atoms. The summed E-state index contributed by atoms with van der Waals surface area (Å²) in [7, 11) is 0. The second kappa shape index (κ2) is 4.40. The Balaban J connectivity index is 2.16. The predicted octanol–water partition coefficient (Wildman–Crippen LogP) is 3.85. The molecule has 0 fully saturated rings. The fraction of sp³-hybridized carbons (Fsp3) is 0. The van der Waals surface area contributed by atoms with Gasteiger partial charge in [0.2, 0.25) is 0 Å². The summed E-state index contributed by atoms with van der Waals surface area (Å²) in [6.07, 6.45) is 0. The van der Waals surface area contributed by atoms with Gasteiger partial charge in [0.1, 0.15) is 4.88 Å². The molecule has 0 bridgehead atoms. The van der Waals surface area contributed by atoms with Crippen LogP contribution in [0.5, 0.6) is 0 Å². The van der Waals surface area contributed by atoms with Crippen molar-refractivity contribution in [1.29, 1.82) is 0 Å². The van der Waals surface area contributed by atoms with Gasteiger partial charge in [-0.3, -0.25) is 0 Å². The maximum Gasteiger partial charge on any atom is 0.348 e. The Bertz CT molecular complexity index is 777. The van der Waals surface area contributed by atoms with E-state index in [4.69, 9.17) is 10.8 Å². The average molecular weight is 269 g/mol. The zero-order valence-corrected chi connectivity index (χ0v) is 10.8. The quantitative estimate of drug-likeness (QED) is 0.742. The third kappa shape index (κ3) is 1.96. The smallest absolute Gasteiger partial charge is 0.348 e. The molecule has 94 valence electrons. The average Bonchev–Trinajstić information content (AvgIpc) is 2.80. The molecule has 1 aromatic heterocycles. The Morgan fingerprint density at radius 3 is 2.53 bits per heavy atom. The number of anilines is 1. The lowest BCUT2D eigenvalue weighted by Crippen LogP contribution is -1.98. The Labute approximate surface area is 113 Å². The number of hydrogen-bond donors (Lipinski definition) is 2. The van der Waals surface area contributed by atoms with Gasteiger partial charge in [0, 0.05) is 10.9 Å². The van der Waals surface area contributed by atoms with Gasteiger partial charge in [0.05, 0.1) is 5.69 Å². The summed E-state index contributed by atoms with van der Waals surface area (Å²) in [5.74, 6) is -0.977. The Morgan fingerprint density at radius 2 is 1.84 bits per heavy atom. The van der Waals surface area contributed by atoms with Crippen molar-refractivity contribution < 1.29 is 9.90 Å². The van der Waals surface area contributed by atoms with E-state index < -0.39 is 5.97 Å². The number of carboxylic acids is 1. The Kier molecular flexibility index (Phi) is 2.72. The summed E-state index contributed by atoms with van der Waals surface area (Å²) >= 11 is 1.16. The number of carboxylic acid groups (broad SMARTS) is 1. The van der Waals surface area contributed by atoms with E-state index in [9.17, 15) is 4.79 Å². The number of rotatable bonds is 2. The van der Waals surface area contributed by atoms with E-state index in [1.807, 2.05) is 42.5 Å². The van der Waals surface area contributed by atoms with Crippen molar-refractivity contribution in [3.63, 3.8) is 0 Å². The summed E-state index contributed by atoms with van der Waals surface area (Å²) in [5, 5.41) is 13.1. The van der Waals surface area contributed by atoms with Crippen LogP contribution in [0.1, 0.15) is 9.67 Å². The van der Waals surface area contributed by atoms with E-state index in [2.05, 4.69) is 0 Å². The summed E-state index contributed by atoms with van der Waals surface area (Å²) in [5.41, 5.74) is 7.98. The normalized spacial score (nSPS) is 10.7. The SMILES string of the molecule is Nc1c(-c2ccc3ccccc3c2)csc1C(=O)O. The van der Waals surface area contributed by atoms with Crippen molar-refractivity contribution >= 4 is 33.8 Å². The number of benzene rings is 2. The van der Waals surface area contributed by atoms with Gasteiger partial charge in [-0.05, 0) is 22.4 Å². The number of thiophene rings is 1. The van der Waals surface area contributed by atoms with Crippen LogP contribution >= 0.6 is 11.3 Å². The minimum Gasteiger partial charge on any atom is -0.477 e. The van der Waals surface area contributed by atoms with Crippen molar-refractivity contribution in [3.05, 3.63) is 52.7 Å². The van der Waals surface area contributed by atoms with Crippen molar-refractivity contribution in [2.45, 2.75) is 0 Å². The van der Waals surface area contributed by atoms with Gasteiger partial charge in [-0.2, -0.15) is 0 Å². The van der Waals surface area contributed by atoms with Crippen LogP contribution in [-0.4, -0.2) is 11.1 Å². The molecule has 0 aliphatic rings. The largest absolute Gasteiger partial charge is 0.477 e. The second-order valence-corrected chi connectivity index (χ2v) is 5.14. The van der Waals surface area contributed by atoms with Gasteiger partial charge in [0.15, 0.2) is 0 Å². The molecule has 0 spiro atoms. The number of aromatic carboxylic acids is 1. The maximum atomic E-state index is 11.0. The summed E-state index contributed by atoms with van der Waals surface area (Å²) in [6.45, 7) is 0. The predicted molar refractivity (Wildman–Crippen MR) is 78.6 cm³/mol. The molecular weight excluding hydrogens is 258 g/mol. The zero-order valence-electron chi connectivity index (χ0n) is 9.96. The minimum absolute atomic E-state index is 0.197. The third-order valence-corrected chi connectivity index (χ3v) is 4.07. The van der Waals surface area contributed by atoms with Gasteiger partial charge in [0.25, 0.3) is 0 Å². The van der Waals surface area contributed by atoms with Crippen LogP contribution in [0.2, 0.25) is 0 Å². The van der Waals surface area contributed by atoms with Crippen LogP contribution in [-0.2, 0) is 0 Å². The summed E-state index contributed by atoms with van der Waals surface area (Å²) < 4.78 is 0. The Morgan fingerprint density at radius 1 is 1.11 bits per heavy atom. The van der Waals surface area contributed by atoms with Crippen molar-refractivity contribution in [1.82, 2.24) is 0 Å². The molecule has 3 rings (SSSR count). The van der Waals surface area contributed by atoms with Gasteiger partial charge in [-0.15, -0.1) is 11.3 Å². The number of nitrogen functional groups attached to an aromatic ring is 1. The molecule has 3 aromatic rings. The zero-order chi connectivity index (χ0) is 13.4. The first-order valence-corrected chi connectivity index (χ1v) is 6.64. The fourth-order valence-electron chi connectivity index (χ4n) is 2.11. The Hall–Kier alpha value is -2.33. The molecule has 2 aromatic carbocycles. The van der Waals surface area contributed by atoms with Crippen LogP contribution in [0.15, 0.2) is 47.8 Å². The number of hydrogen-bond acceptors (Lipinski definition) is 3. The molecular formula is C15H11NO2S. The highest BCUT2D eigenvalue weighted by Crippen LogP contribution is 2.35. The second-order valence-electron chi connectivity index (χ2n) is 4.26. The lowest BCUT2D eigenvalue weighted by atomic mass is 10.0. The molecule has 1 heterocycles. The highest BCUT2D eigenvalue weighted by atomic mass is 32.1. The first kappa shape index (κ1) is 11.7. The van der Waals surface area contributed by atoms with Crippen molar-refractivity contribution in [3.8, 4) is 11.1 Å². The molecule has 3 nitrogen and oxygen atoms in total. The molecule has 0 saturated carbocycles. The van der Waals surface area contributed by atoms with Gasteiger partial charge in [-0.1, -0.05) is 36.4 Å². The minimum atomic E-state index is -0.977. The molecule has 0 aliphatic heterocycles. The number of nitrogens with two attached hydrogens (primary N) is 1. The molecule has 0 amide bonds. The van der Waals surface area contributed by atoms with E-state index in [-0.39, 0.29) is 4.88 Å². The van der Waals surface area contributed by atoms with Crippen LogP contribution in [0.25, 0.3) is 21.9 Å². The van der Waals surface area contributed by atoms with Crippen LogP contribution < -0.4 is 5.73 Å². The van der Waals surface area contributed by atoms with E-state index in [1.165, 1.54) is 0 Å². The highest BCUT2D eigenvalue weighted by molar-refractivity contribution is 7.13. The molecule has 0 saturated heterocycles. The van der Waals surface area contributed by atoms with Gasteiger partial charge >= 0.3 is 5.97 Å². The first-order chi connectivity index (χ1) is 9.16. The third-order valence-electron chi connectivity index (χ3n) is 3.08. The standard InChI is InChI=1S/C15H11NO2S/c16-13-12(8-19-14(13)15(17)18)11-6-5-9-3-1-2-4-10(9)7-11/h1-8H,16H2,(H,17,18). The van der Waals surface area contributed by atoms with Crippen LogP contribution in [0, 0.1) is 0 Å². The van der Waals surface area contributed by atoms with E-state index in [0.717, 1.165) is 33.2 Å². The van der Waals surface area contributed by atoms with Gasteiger partial charge < -0.3 is 10.8 Å². The van der Waals surface area contributed by atoms with E-state index >= 15 is 0 Å². The molecule has 0 radical (unpaired) electrons. The monoisotopic (exact) mass is 269 g/mol. The van der Waals surface area contributed by atoms with E-state index in [1.54, 1.807) is 5.38 Å². The summed E-state index contributed by atoms with van der Waals surface area (Å²) in [6, 6.07) is 14.0. The number of carbonyl (C=O) groups is 1. The lowest BCUT2D eigenvalue weighted by molar-refractivity contribution is 0.0703. The molecule has 3 N–H and O–H groups in total. The molecule has 4 heteroatoms. The van der Waals surface area contributed by atoms with E-state index in [0.29, 0.717) is 5.69 Å². The lowest BCUT2D eigenvalue weighted by Gasteiger charge is -2.03. The highest BCUT2D eigenvalue weighted by Gasteiger charge is 2.15. The topological polar surface area (TPSA) is 63.3 Å². The maximum absolute atomic E-state index is 11.0. The van der Waals surface area contributed by atoms with Crippen molar-refractivity contribution in [2.75, 3.05) is 5.73 Å². The number of fused-ring (bicyclic) bond motifs is 1. The molecule has 0 aliphatic carbocycles. The molecule has 0 atom stereocenters. The first-order valence-electron chi connectivity index (χ1n) is 5.76. The summed E-state index contributed by atoms with van der Waals surface area (Å²) in [4.78, 5) is 11.2. The molecule has 0 unspecified atom stereocenters. The van der Waals surface area contributed by atoms with Gasteiger partial charge in [-0.25, -0.2) is 4.79 Å². The fourth-order valence-corrected chi connectivity index (χ4v) is 2.95. The van der Waals surface area contributed by atoms with Crippen LogP contribution in [0.3, 0.4) is 0 Å². The van der Waals surface area contributed by atoms with Crippen molar-refractivity contribution in [2.24, 2.45) is 0 Å². The van der Waals surface area contributed by atoms with Crippen LogP contribution in [0.4, 0.5) is 5.69 Å².